The van der Waals surface area contributed by atoms with E-state index in [4.69, 9.17) is 0 Å². The van der Waals surface area contributed by atoms with Crippen LogP contribution < -0.4 is 5.32 Å². The number of hydrogen-bond acceptors (Lipinski definition) is 4. The summed E-state index contributed by atoms with van der Waals surface area (Å²) in [4.78, 5) is 5.66. The van der Waals surface area contributed by atoms with E-state index >= 15 is 0 Å². The first-order valence-electron chi connectivity index (χ1n) is 6.06. The van der Waals surface area contributed by atoms with Crippen molar-refractivity contribution < 1.29 is 0 Å². The van der Waals surface area contributed by atoms with Crippen molar-refractivity contribution in [1.29, 1.82) is 0 Å². The molecule has 90 valence electrons. The minimum absolute atomic E-state index is 0.715. The van der Waals surface area contributed by atoms with Gasteiger partial charge in [0.05, 0.1) is 5.01 Å². The Bertz CT molecular complexity index is 325. The Morgan fingerprint density at radius 1 is 1.56 bits per heavy atom. The van der Waals surface area contributed by atoms with E-state index < -0.39 is 0 Å². The van der Waals surface area contributed by atoms with Crippen molar-refractivity contribution in [3.63, 3.8) is 0 Å². The molecule has 1 heterocycles. The first-order chi connectivity index (χ1) is 7.79. The first kappa shape index (κ1) is 12.4. The second kappa shape index (κ2) is 6.03. The second-order valence-electron chi connectivity index (χ2n) is 4.26. The Labute approximate surface area is 106 Å². The van der Waals surface area contributed by atoms with Gasteiger partial charge in [-0.25, -0.2) is 4.98 Å². The topological polar surface area (TPSA) is 24.9 Å². The van der Waals surface area contributed by atoms with E-state index in [2.05, 4.69) is 35.9 Å². The molecule has 1 saturated carbocycles. The van der Waals surface area contributed by atoms with Gasteiger partial charge in [-0.05, 0) is 25.5 Å². The lowest BCUT2D eigenvalue weighted by Crippen LogP contribution is -2.33. The highest BCUT2D eigenvalue weighted by Gasteiger charge is 2.26. The molecule has 0 spiro atoms. The van der Waals surface area contributed by atoms with Gasteiger partial charge in [-0.1, -0.05) is 13.3 Å². The van der Waals surface area contributed by atoms with Crippen LogP contribution in [0.15, 0.2) is 6.20 Å². The Morgan fingerprint density at radius 3 is 3.12 bits per heavy atom. The number of aryl methyl sites for hydroxylation is 1. The van der Waals surface area contributed by atoms with Gasteiger partial charge in [-0.15, -0.1) is 11.3 Å². The van der Waals surface area contributed by atoms with Crippen molar-refractivity contribution in [2.75, 3.05) is 5.75 Å². The van der Waals surface area contributed by atoms with Crippen LogP contribution in [0.1, 0.15) is 36.1 Å². The fourth-order valence-electron chi connectivity index (χ4n) is 2.29. The molecule has 4 heteroatoms. The maximum atomic E-state index is 4.29. The molecule has 16 heavy (non-hydrogen) atoms. The highest BCUT2D eigenvalue weighted by Crippen LogP contribution is 2.30. The molecule has 2 nitrogen and oxygen atoms in total. The third-order valence-electron chi connectivity index (χ3n) is 3.04. The van der Waals surface area contributed by atoms with Crippen LogP contribution in [0.5, 0.6) is 0 Å². The molecule has 0 bridgehead atoms. The van der Waals surface area contributed by atoms with Crippen molar-refractivity contribution in [2.24, 2.45) is 0 Å². The number of thiazole rings is 1. The summed E-state index contributed by atoms with van der Waals surface area (Å²) in [6, 6.07) is 0.715. The third-order valence-corrected chi connectivity index (χ3v) is 5.28. The average molecular weight is 256 g/mol. The maximum Gasteiger partial charge on any atom is 0.0897 e. The number of hydrogen-bond donors (Lipinski definition) is 1. The van der Waals surface area contributed by atoms with Crippen molar-refractivity contribution in [1.82, 2.24) is 10.3 Å². The maximum absolute atomic E-state index is 4.29. The molecule has 1 aliphatic rings. The van der Waals surface area contributed by atoms with Gasteiger partial charge in [0.2, 0.25) is 0 Å². The fraction of sp³-hybridized carbons (Fsp3) is 0.750. The van der Waals surface area contributed by atoms with E-state index in [0.717, 1.165) is 11.8 Å². The molecular formula is C12H20N2S2. The van der Waals surface area contributed by atoms with Gasteiger partial charge in [-0.2, -0.15) is 11.8 Å². The Hall–Kier alpha value is -0.0600. The predicted molar refractivity (Wildman–Crippen MR) is 73.2 cm³/mol. The highest BCUT2D eigenvalue weighted by molar-refractivity contribution is 7.99. The van der Waals surface area contributed by atoms with Crippen LogP contribution in [-0.4, -0.2) is 22.0 Å². The molecule has 2 rings (SSSR count). The van der Waals surface area contributed by atoms with Gasteiger partial charge in [0.1, 0.15) is 0 Å². The van der Waals surface area contributed by atoms with E-state index in [1.165, 1.54) is 34.9 Å². The lowest BCUT2D eigenvalue weighted by molar-refractivity contribution is 0.535. The predicted octanol–water partition coefficient (Wildman–Crippen LogP) is 3.22. The summed E-state index contributed by atoms with van der Waals surface area (Å²) in [7, 11) is 0. The summed E-state index contributed by atoms with van der Waals surface area (Å²) < 4.78 is 0. The Morgan fingerprint density at radius 2 is 2.44 bits per heavy atom. The Balaban J connectivity index is 1.80. The van der Waals surface area contributed by atoms with Crippen molar-refractivity contribution in [3.8, 4) is 0 Å². The lowest BCUT2D eigenvalue weighted by atomic mass is 10.2. The van der Waals surface area contributed by atoms with E-state index in [1.54, 1.807) is 11.3 Å². The summed E-state index contributed by atoms with van der Waals surface area (Å²) in [5.41, 5.74) is 0. The minimum atomic E-state index is 0.715. The number of rotatable bonds is 5. The summed E-state index contributed by atoms with van der Waals surface area (Å²) in [6.45, 7) is 5.32. The Kier molecular flexibility index (Phi) is 4.67. The highest BCUT2D eigenvalue weighted by atomic mass is 32.2. The van der Waals surface area contributed by atoms with Gasteiger partial charge < -0.3 is 5.32 Å². The molecule has 2 atom stereocenters. The molecule has 0 radical (unpaired) electrons. The van der Waals surface area contributed by atoms with E-state index in [0.29, 0.717) is 6.04 Å². The number of nitrogens with one attached hydrogen (secondary N) is 1. The van der Waals surface area contributed by atoms with E-state index in [1.807, 2.05) is 6.20 Å². The second-order valence-corrected chi connectivity index (χ2v) is 7.09. The summed E-state index contributed by atoms with van der Waals surface area (Å²) in [5, 5.41) is 5.70. The summed E-state index contributed by atoms with van der Waals surface area (Å²) >= 11 is 3.92. The molecule has 1 fully saturated rings. The van der Waals surface area contributed by atoms with Crippen LogP contribution in [0.3, 0.4) is 0 Å². The lowest BCUT2D eigenvalue weighted by Gasteiger charge is -2.19. The molecule has 1 aromatic rings. The van der Waals surface area contributed by atoms with Gasteiger partial charge >= 0.3 is 0 Å². The molecule has 0 aromatic carbocycles. The molecule has 1 N–H and O–H groups in total. The molecular weight excluding hydrogens is 236 g/mol. The van der Waals surface area contributed by atoms with Crippen molar-refractivity contribution in [2.45, 2.75) is 50.9 Å². The zero-order valence-electron chi connectivity index (χ0n) is 10.0. The van der Waals surface area contributed by atoms with Gasteiger partial charge in [0.25, 0.3) is 0 Å². The summed E-state index contributed by atoms with van der Waals surface area (Å²) in [6.07, 6.45) is 6.12. The van der Waals surface area contributed by atoms with Crippen LogP contribution in [0.2, 0.25) is 0 Å². The van der Waals surface area contributed by atoms with Crippen molar-refractivity contribution in [3.05, 3.63) is 16.1 Å². The smallest absolute Gasteiger partial charge is 0.0897 e. The fourth-order valence-corrected chi connectivity index (χ4v) is 4.26. The summed E-state index contributed by atoms with van der Waals surface area (Å²) in [5.74, 6) is 1.24. The third kappa shape index (κ3) is 3.22. The van der Waals surface area contributed by atoms with Crippen LogP contribution in [0.4, 0.5) is 0 Å². The zero-order valence-corrected chi connectivity index (χ0v) is 11.7. The molecule has 0 aliphatic heterocycles. The van der Waals surface area contributed by atoms with Crippen LogP contribution in [-0.2, 0) is 6.54 Å². The van der Waals surface area contributed by atoms with Gasteiger partial charge in [0, 0.05) is 28.9 Å². The molecule has 0 amide bonds. The average Bonchev–Trinajstić information content (AvgIpc) is 2.85. The SMILES string of the molecule is CCSC1CCCC1NCc1cnc(C)s1. The van der Waals surface area contributed by atoms with E-state index in [9.17, 15) is 0 Å². The minimum Gasteiger partial charge on any atom is -0.308 e. The molecule has 1 aromatic heterocycles. The van der Waals surface area contributed by atoms with Crippen LogP contribution >= 0.6 is 23.1 Å². The zero-order chi connectivity index (χ0) is 11.4. The largest absolute Gasteiger partial charge is 0.308 e. The van der Waals surface area contributed by atoms with E-state index in [-0.39, 0.29) is 0 Å². The van der Waals surface area contributed by atoms with Crippen LogP contribution in [0, 0.1) is 6.92 Å². The number of thioether (sulfide) groups is 1. The normalized spacial score (nSPS) is 25.1. The number of nitrogens with zero attached hydrogens (tertiary/aromatic N) is 1. The monoisotopic (exact) mass is 256 g/mol. The molecule has 2 unspecified atom stereocenters. The van der Waals surface area contributed by atoms with Crippen molar-refractivity contribution >= 4 is 23.1 Å². The molecule has 1 aliphatic carbocycles. The molecule has 0 saturated heterocycles. The number of aromatic nitrogens is 1. The first-order valence-corrected chi connectivity index (χ1v) is 7.92. The van der Waals surface area contributed by atoms with Gasteiger partial charge in [0.15, 0.2) is 0 Å². The van der Waals surface area contributed by atoms with Gasteiger partial charge in [-0.3, -0.25) is 0 Å². The standard InChI is InChI=1S/C12H20N2S2/c1-3-15-12-6-4-5-11(12)14-8-10-7-13-9(2)16-10/h7,11-12,14H,3-6,8H2,1-2H3. The van der Waals surface area contributed by atoms with Crippen LogP contribution in [0.25, 0.3) is 0 Å². The quantitative estimate of drug-likeness (QED) is 0.875.